The molecule has 18 heavy (non-hydrogen) atoms. The van der Waals surface area contributed by atoms with E-state index in [9.17, 15) is 4.79 Å². The van der Waals surface area contributed by atoms with E-state index in [0.29, 0.717) is 12.0 Å². The Hall–Kier alpha value is -1.15. The van der Waals surface area contributed by atoms with Gasteiger partial charge < -0.3 is 5.73 Å². The smallest absolute Gasteiger partial charge is 0.160 e. The number of aryl methyl sites for hydroxylation is 2. The van der Waals surface area contributed by atoms with Gasteiger partial charge in [0.15, 0.2) is 5.78 Å². The minimum atomic E-state index is 0.167. The normalized spacial score (nSPS) is 23.3. The summed E-state index contributed by atoms with van der Waals surface area (Å²) in [7, 11) is 0. The number of ketones is 1. The minimum Gasteiger partial charge on any atom is -0.327 e. The number of hydrogen-bond acceptors (Lipinski definition) is 2. The molecule has 1 saturated carbocycles. The fourth-order valence-electron chi connectivity index (χ4n) is 3.04. The highest BCUT2D eigenvalue weighted by Gasteiger charge is 2.23. The van der Waals surface area contributed by atoms with Crippen molar-refractivity contribution in [3.05, 3.63) is 34.9 Å². The van der Waals surface area contributed by atoms with E-state index in [1.807, 2.05) is 12.1 Å². The standard InChI is InChI=1S/C16H23NO/c1-11-6-9-15(12(2)18)14(10-11)8-7-13-4-3-5-16(13)17/h6,9-10,13,16H,3-5,7-8,17H2,1-2H3/t13-,16-/m0/s1. The fraction of sp³-hybridized carbons (Fsp3) is 0.562. The van der Waals surface area contributed by atoms with Crippen LogP contribution in [-0.2, 0) is 6.42 Å². The van der Waals surface area contributed by atoms with Gasteiger partial charge in [0.05, 0.1) is 0 Å². The summed E-state index contributed by atoms with van der Waals surface area (Å²) in [5, 5.41) is 0. The second-order valence-electron chi connectivity index (χ2n) is 5.61. The number of carbonyl (C=O) groups excluding carboxylic acids is 1. The first kappa shape index (κ1) is 13.3. The van der Waals surface area contributed by atoms with Crippen molar-refractivity contribution in [2.24, 2.45) is 11.7 Å². The summed E-state index contributed by atoms with van der Waals surface area (Å²) in [4.78, 5) is 11.6. The number of rotatable bonds is 4. The zero-order valence-electron chi connectivity index (χ0n) is 11.4. The second kappa shape index (κ2) is 5.66. The van der Waals surface area contributed by atoms with Crippen molar-refractivity contribution < 1.29 is 4.79 Å². The number of Topliss-reactive ketones (excluding diaryl/α,β-unsaturated/α-hetero) is 1. The Bertz CT molecular complexity index is 439. The number of carbonyl (C=O) groups is 1. The molecule has 2 rings (SSSR count). The van der Waals surface area contributed by atoms with Gasteiger partial charge in [-0.15, -0.1) is 0 Å². The van der Waals surface area contributed by atoms with E-state index >= 15 is 0 Å². The molecule has 2 atom stereocenters. The third kappa shape index (κ3) is 2.99. The zero-order valence-corrected chi connectivity index (χ0v) is 11.4. The summed E-state index contributed by atoms with van der Waals surface area (Å²) < 4.78 is 0. The summed E-state index contributed by atoms with van der Waals surface area (Å²) in [6, 6.07) is 6.50. The van der Waals surface area contributed by atoms with Gasteiger partial charge in [-0.25, -0.2) is 0 Å². The molecular weight excluding hydrogens is 222 g/mol. The Labute approximate surface area is 110 Å². The quantitative estimate of drug-likeness (QED) is 0.827. The van der Waals surface area contributed by atoms with Crippen molar-refractivity contribution >= 4 is 5.78 Å². The van der Waals surface area contributed by atoms with Crippen LogP contribution in [0.4, 0.5) is 0 Å². The molecule has 1 aromatic carbocycles. The lowest BCUT2D eigenvalue weighted by Gasteiger charge is -2.16. The van der Waals surface area contributed by atoms with Crippen molar-refractivity contribution in [1.29, 1.82) is 0 Å². The molecule has 98 valence electrons. The van der Waals surface area contributed by atoms with Crippen molar-refractivity contribution in [3.63, 3.8) is 0 Å². The SMILES string of the molecule is CC(=O)c1ccc(C)cc1CC[C@@H]1CCC[C@@H]1N. The van der Waals surface area contributed by atoms with Crippen LogP contribution >= 0.6 is 0 Å². The molecule has 0 heterocycles. The number of benzene rings is 1. The molecule has 0 unspecified atom stereocenters. The minimum absolute atomic E-state index is 0.167. The molecule has 0 radical (unpaired) electrons. The van der Waals surface area contributed by atoms with Crippen molar-refractivity contribution in [2.75, 3.05) is 0 Å². The summed E-state index contributed by atoms with van der Waals surface area (Å²) in [6.07, 6.45) is 5.78. The lowest BCUT2D eigenvalue weighted by atomic mass is 9.92. The Morgan fingerprint density at radius 3 is 2.78 bits per heavy atom. The number of nitrogens with two attached hydrogens (primary N) is 1. The fourth-order valence-corrected chi connectivity index (χ4v) is 3.04. The topological polar surface area (TPSA) is 43.1 Å². The number of hydrogen-bond donors (Lipinski definition) is 1. The molecule has 0 aliphatic heterocycles. The first-order chi connectivity index (χ1) is 8.58. The van der Waals surface area contributed by atoms with E-state index in [2.05, 4.69) is 13.0 Å². The average molecular weight is 245 g/mol. The molecule has 1 aromatic rings. The van der Waals surface area contributed by atoms with Crippen molar-refractivity contribution in [1.82, 2.24) is 0 Å². The van der Waals surface area contributed by atoms with E-state index < -0.39 is 0 Å². The van der Waals surface area contributed by atoms with Gasteiger partial charge in [0, 0.05) is 11.6 Å². The highest BCUT2D eigenvalue weighted by Crippen LogP contribution is 2.28. The van der Waals surface area contributed by atoms with E-state index in [0.717, 1.165) is 24.8 Å². The molecule has 0 aromatic heterocycles. The first-order valence-corrected chi connectivity index (χ1v) is 6.94. The van der Waals surface area contributed by atoms with Crippen LogP contribution in [0, 0.1) is 12.8 Å². The van der Waals surface area contributed by atoms with Crippen LogP contribution in [-0.4, -0.2) is 11.8 Å². The molecule has 0 saturated heterocycles. The molecule has 1 aliphatic carbocycles. The summed E-state index contributed by atoms with van der Waals surface area (Å²) in [5.74, 6) is 0.811. The van der Waals surface area contributed by atoms with Crippen LogP contribution in [0.15, 0.2) is 18.2 Å². The zero-order chi connectivity index (χ0) is 13.1. The lowest BCUT2D eigenvalue weighted by Crippen LogP contribution is -2.24. The molecule has 2 N–H and O–H groups in total. The van der Waals surface area contributed by atoms with Gasteiger partial charge in [-0.2, -0.15) is 0 Å². The van der Waals surface area contributed by atoms with Gasteiger partial charge in [-0.3, -0.25) is 4.79 Å². The highest BCUT2D eigenvalue weighted by atomic mass is 16.1. The van der Waals surface area contributed by atoms with Gasteiger partial charge in [0.1, 0.15) is 0 Å². The third-order valence-electron chi connectivity index (χ3n) is 4.14. The van der Waals surface area contributed by atoms with Crippen LogP contribution < -0.4 is 5.73 Å². The van der Waals surface area contributed by atoms with Crippen molar-refractivity contribution in [2.45, 2.75) is 52.0 Å². The van der Waals surface area contributed by atoms with Gasteiger partial charge in [0.2, 0.25) is 0 Å². The van der Waals surface area contributed by atoms with E-state index in [1.165, 1.54) is 24.0 Å². The highest BCUT2D eigenvalue weighted by molar-refractivity contribution is 5.95. The van der Waals surface area contributed by atoms with Gasteiger partial charge >= 0.3 is 0 Å². The molecule has 2 heteroatoms. The predicted octanol–water partition coefficient (Wildman–Crippen LogP) is 3.26. The molecular formula is C16H23NO. The van der Waals surface area contributed by atoms with Crippen LogP contribution in [0.25, 0.3) is 0 Å². The van der Waals surface area contributed by atoms with E-state index in [-0.39, 0.29) is 5.78 Å². The van der Waals surface area contributed by atoms with Crippen LogP contribution in [0.2, 0.25) is 0 Å². The van der Waals surface area contributed by atoms with Crippen LogP contribution in [0.5, 0.6) is 0 Å². The first-order valence-electron chi connectivity index (χ1n) is 6.94. The third-order valence-corrected chi connectivity index (χ3v) is 4.14. The Kier molecular flexibility index (Phi) is 4.18. The Balaban J connectivity index is 2.08. The van der Waals surface area contributed by atoms with Gasteiger partial charge in [-0.05, 0) is 51.0 Å². The summed E-state index contributed by atoms with van der Waals surface area (Å²) in [6.45, 7) is 3.73. The van der Waals surface area contributed by atoms with E-state index in [1.54, 1.807) is 6.92 Å². The van der Waals surface area contributed by atoms with Gasteiger partial charge in [-0.1, -0.05) is 30.2 Å². The molecule has 0 bridgehead atoms. The van der Waals surface area contributed by atoms with Gasteiger partial charge in [0.25, 0.3) is 0 Å². The van der Waals surface area contributed by atoms with Crippen LogP contribution in [0.1, 0.15) is 54.1 Å². The molecule has 0 amide bonds. The molecule has 1 fully saturated rings. The second-order valence-corrected chi connectivity index (χ2v) is 5.61. The largest absolute Gasteiger partial charge is 0.327 e. The maximum Gasteiger partial charge on any atom is 0.160 e. The average Bonchev–Trinajstić information content (AvgIpc) is 2.72. The summed E-state index contributed by atoms with van der Waals surface area (Å²) >= 11 is 0. The maximum absolute atomic E-state index is 11.6. The van der Waals surface area contributed by atoms with Crippen molar-refractivity contribution in [3.8, 4) is 0 Å². The monoisotopic (exact) mass is 245 g/mol. The van der Waals surface area contributed by atoms with E-state index in [4.69, 9.17) is 5.73 Å². The molecule has 2 nitrogen and oxygen atoms in total. The maximum atomic E-state index is 11.6. The lowest BCUT2D eigenvalue weighted by molar-refractivity contribution is 0.101. The molecule has 1 aliphatic rings. The van der Waals surface area contributed by atoms with Crippen LogP contribution in [0.3, 0.4) is 0 Å². The summed E-state index contributed by atoms with van der Waals surface area (Å²) in [5.41, 5.74) is 9.41. The predicted molar refractivity (Wildman–Crippen MR) is 74.8 cm³/mol. The Morgan fingerprint density at radius 2 is 2.17 bits per heavy atom. The molecule has 0 spiro atoms. The Morgan fingerprint density at radius 1 is 1.39 bits per heavy atom.